The zero-order valence-electron chi connectivity index (χ0n) is 10.7. The van der Waals surface area contributed by atoms with E-state index in [1.807, 2.05) is 30.7 Å². The van der Waals surface area contributed by atoms with Crippen LogP contribution in [0.4, 0.5) is 5.82 Å². The number of nitrogens with zero attached hydrogens (tertiary/aromatic N) is 4. The first-order valence-electron chi connectivity index (χ1n) is 5.74. The molecule has 0 radical (unpaired) electrons. The molecule has 7 heteroatoms. The highest BCUT2D eigenvalue weighted by Crippen LogP contribution is 2.17. The normalized spacial score (nSPS) is 14.7. The van der Waals surface area contributed by atoms with Crippen molar-refractivity contribution in [3.8, 4) is 0 Å². The lowest BCUT2D eigenvalue weighted by Gasteiger charge is -2.21. The van der Waals surface area contributed by atoms with Gasteiger partial charge in [-0.05, 0) is 20.1 Å². The van der Waals surface area contributed by atoms with Crippen LogP contribution in [0.15, 0.2) is 12.4 Å². The molecule has 0 aliphatic carbocycles. The van der Waals surface area contributed by atoms with Crippen LogP contribution in [-0.2, 0) is 0 Å². The van der Waals surface area contributed by atoms with Crippen molar-refractivity contribution in [2.24, 2.45) is 0 Å². The van der Waals surface area contributed by atoms with Crippen molar-refractivity contribution in [2.45, 2.75) is 25.1 Å². The van der Waals surface area contributed by atoms with Gasteiger partial charge in [-0.3, -0.25) is 4.40 Å². The van der Waals surface area contributed by atoms with E-state index in [4.69, 9.17) is 0 Å². The SMILES string of the molecule is CSC(CO)C(C)Nc1nccn2c(C)nnc12. The Morgan fingerprint density at radius 1 is 1.50 bits per heavy atom. The minimum absolute atomic E-state index is 0.0979. The zero-order chi connectivity index (χ0) is 13.1. The first-order valence-corrected chi connectivity index (χ1v) is 7.02. The third kappa shape index (κ3) is 2.41. The Labute approximate surface area is 110 Å². The molecule has 2 heterocycles. The number of hydrogen-bond acceptors (Lipinski definition) is 6. The van der Waals surface area contributed by atoms with Crippen LogP contribution in [0.2, 0.25) is 0 Å². The smallest absolute Gasteiger partial charge is 0.203 e. The lowest BCUT2D eigenvalue weighted by Crippen LogP contribution is -2.31. The molecule has 0 bridgehead atoms. The highest BCUT2D eigenvalue weighted by atomic mass is 32.2. The summed E-state index contributed by atoms with van der Waals surface area (Å²) in [6.45, 7) is 4.04. The van der Waals surface area contributed by atoms with Crippen molar-refractivity contribution in [3.05, 3.63) is 18.2 Å². The van der Waals surface area contributed by atoms with Gasteiger partial charge in [0.2, 0.25) is 5.65 Å². The summed E-state index contributed by atoms with van der Waals surface area (Å²) in [4.78, 5) is 4.29. The van der Waals surface area contributed by atoms with Gasteiger partial charge >= 0.3 is 0 Å². The number of aryl methyl sites for hydroxylation is 1. The second kappa shape index (κ2) is 5.53. The van der Waals surface area contributed by atoms with Gasteiger partial charge in [-0.2, -0.15) is 11.8 Å². The quantitative estimate of drug-likeness (QED) is 0.840. The fourth-order valence-electron chi connectivity index (χ4n) is 1.79. The minimum atomic E-state index is 0.0979. The molecule has 2 unspecified atom stereocenters. The van der Waals surface area contributed by atoms with Crippen molar-refractivity contribution in [3.63, 3.8) is 0 Å². The molecule has 2 aromatic heterocycles. The van der Waals surface area contributed by atoms with Crippen molar-refractivity contribution in [1.29, 1.82) is 0 Å². The molecule has 6 nitrogen and oxygen atoms in total. The van der Waals surface area contributed by atoms with Crippen LogP contribution in [0.5, 0.6) is 0 Å². The molecule has 2 rings (SSSR count). The van der Waals surface area contributed by atoms with Gasteiger partial charge in [0.05, 0.1) is 6.61 Å². The van der Waals surface area contributed by atoms with Crippen LogP contribution in [-0.4, -0.2) is 48.8 Å². The zero-order valence-corrected chi connectivity index (χ0v) is 11.5. The monoisotopic (exact) mass is 267 g/mol. The van der Waals surface area contributed by atoms with Gasteiger partial charge in [-0.1, -0.05) is 0 Å². The lowest BCUT2D eigenvalue weighted by atomic mass is 10.2. The lowest BCUT2D eigenvalue weighted by molar-refractivity contribution is 0.288. The molecule has 98 valence electrons. The molecule has 2 aromatic rings. The molecule has 0 aliphatic heterocycles. The standard InChI is InChI=1S/C11H17N5OS/c1-7(9(6-17)18-3)13-10-11-15-14-8(2)16(11)5-4-12-10/h4-5,7,9,17H,6H2,1-3H3,(H,12,13). The predicted octanol–water partition coefficient (Wildman–Crippen LogP) is 0.957. The van der Waals surface area contributed by atoms with E-state index >= 15 is 0 Å². The number of anilines is 1. The summed E-state index contributed by atoms with van der Waals surface area (Å²) < 4.78 is 1.88. The molecule has 18 heavy (non-hydrogen) atoms. The third-order valence-corrected chi connectivity index (χ3v) is 4.07. The van der Waals surface area contributed by atoms with Gasteiger partial charge in [0.1, 0.15) is 5.82 Å². The van der Waals surface area contributed by atoms with Gasteiger partial charge in [0.25, 0.3) is 0 Å². The van der Waals surface area contributed by atoms with E-state index in [1.54, 1.807) is 18.0 Å². The van der Waals surface area contributed by atoms with Crippen molar-refractivity contribution in [1.82, 2.24) is 19.6 Å². The Bertz CT molecular complexity index is 525. The number of aromatic nitrogens is 4. The summed E-state index contributed by atoms with van der Waals surface area (Å²) in [6, 6.07) is 0.0979. The average Bonchev–Trinajstić information content (AvgIpc) is 2.74. The summed E-state index contributed by atoms with van der Waals surface area (Å²) in [5.41, 5.74) is 0.708. The maximum Gasteiger partial charge on any atom is 0.203 e. The molecule has 2 N–H and O–H groups in total. The fourth-order valence-corrected chi connectivity index (χ4v) is 2.41. The molecule has 0 amide bonds. The molecule has 0 aliphatic rings. The Morgan fingerprint density at radius 2 is 2.28 bits per heavy atom. The fraction of sp³-hybridized carbons (Fsp3) is 0.545. The summed E-state index contributed by atoms with van der Waals surface area (Å²) in [5, 5.41) is 20.8. The average molecular weight is 267 g/mol. The second-order valence-electron chi connectivity index (χ2n) is 4.11. The van der Waals surface area contributed by atoms with E-state index in [-0.39, 0.29) is 17.9 Å². The Hall–Kier alpha value is -1.34. The maximum absolute atomic E-state index is 9.28. The topological polar surface area (TPSA) is 75.3 Å². The molecule has 0 fully saturated rings. The van der Waals surface area contributed by atoms with Crippen molar-refractivity contribution < 1.29 is 5.11 Å². The van der Waals surface area contributed by atoms with Gasteiger partial charge in [-0.15, -0.1) is 10.2 Å². The highest BCUT2D eigenvalue weighted by molar-refractivity contribution is 7.99. The molecular weight excluding hydrogens is 250 g/mol. The van der Waals surface area contributed by atoms with E-state index in [2.05, 4.69) is 20.5 Å². The number of aliphatic hydroxyl groups is 1. The molecule has 0 saturated carbocycles. The number of aliphatic hydroxyl groups excluding tert-OH is 1. The summed E-state index contributed by atoms with van der Waals surface area (Å²) in [5.74, 6) is 1.52. The second-order valence-corrected chi connectivity index (χ2v) is 5.18. The summed E-state index contributed by atoms with van der Waals surface area (Å²) in [6.07, 6.45) is 5.53. The number of fused-ring (bicyclic) bond motifs is 1. The summed E-state index contributed by atoms with van der Waals surface area (Å²) >= 11 is 1.62. The molecule has 0 saturated heterocycles. The van der Waals surface area contributed by atoms with Gasteiger partial charge in [0, 0.05) is 23.7 Å². The molecule has 0 spiro atoms. The largest absolute Gasteiger partial charge is 0.395 e. The van der Waals surface area contributed by atoms with Gasteiger partial charge < -0.3 is 10.4 Å². The van der Waals surface area contributed by atoms with Crippen molar-refractivity contribution in [2.75, 3.05) is 18.2 Å². The maximum atomic E-state index is 9.28. The van der Waals surface area contributed by atoms with E-state index in [0.29, 0.717) is 11.5 Å². The summed E-state index contributed by atoms with van der Waals surface area (Å²) in [7, 11) is 0. The van der Waals surface area contributed by atoms with E-state index in [1.165, 1.54) is 0 Å². The van der Waals surface area contributed by atoms with E-state index in [9.17, 15) is 5.11 Å². The first-order chi connectivity index (χ1) is 8.67. The molecule has 2 atom stereocenters. The Kier molecular flexibility index (Phi) is 4.03. The van der Waals surface area contributed by atoms with E-state index < -0.39 is 0 Å². The Balaban J connectivity index is 2.26. The number of nitrogens with one attached hydrogen (secondary N) is 1. The highest BCUT2D eigenvalue weighted by Gasteiger charge is 2.17. The van der Waals surface area contributed by atoms with Gasteiger partial charge in [0.15, 0.2) is 5.82 Å². The third-order valence-electron chi connectivity index (χ3n) is 2.90. The van der Waals surface area contributed by atoms with Crippen LogP contribution in [0.25, 0.3) is 5.65 Å². The van der Waals surface area contributed by atoms with Crippen LogP contribution in [0.3, 0.4) is 0 Å². The number of thioether (sulfide) groups is 1. The van der Waals surface area contributed by atoms with Gasteiger partial charge in [-0.25, -0.2) is 4.98 Å². The van der Waals surface area contributed by atoms with Crippen LogP contribution in [0.1, 0.15) is 12.7 Å². The van der Waals surface area contributed by atoms with Crippen LogP contribution >= 0.6 is 11.8 Å². The van der Waals surface area contributed by atoms with Crippen LogP contribution in [0, 0.1) is 6.92 Å². The molecular formula is C11H17N5OS. The predicted molar refractivity (Wildman–Crippen MR) is 73.0 cm³/mol. The van der Waals surface area contributed by atoms with Crippen LogP contribution < -0.4 is 5.32 Å². The number of rotatable bonds is 5. The van der Waals surface area contributed by atoms with Crippen molar-refractivity contribution >= 4 is 23.2 Å². The molecule has 0 aromatic carbocycles. The minimum Gasteiger partial charge on any atom is -0.395 e. The number of hydrogen-bond donors (Lipinski definition) is 2. The van der Waals surface area contributed by atoms with E-state index in [0.717, 1.165) is 5.82 Å². The first kappa shape index (κ1) is 13.1. The Morgan fingerprint density at radius 3 is 2.94 bits per heavy atom.